The molecule has 116 valence electrons. The summed E-state index contributed by atoms with van der Waals surface area (Å²) in [5.74, 6) is 0.700. The van der Waals surface area contributed by atoms with Gasteiger partial charge in [-0.3, -0.25) is 4.79 Å². The summed E-state index contributed by atoms with van der Waals surface area (Å²) in [7, 11) is 3.36. The highest BCUT2D eigenvalue weighted by molar-refractivity contribution is 8.00. The predicted octanol–water partition coefficient (Wildman–Crippen LogP) is 4.49. The van der Waals surface area contributed by atoms with Gasteiger partial charge in [-0.2, -0.15) is 0 Å². The van der Waals surface area contributed by atoms with E-state index >= 15 is 0 Å². The number of hydrogen-bond acceptors (Lipinski definition) is 3. The molecule has 0 fully saturated rings. The number of carbonyl (C=O) groups is 1. The number of thioether (sulfide) groups is 1. The number of anilines is 1. The Labute approximate surface area is 140 Å². The normalized spacial score (nSPS) is 11.8. The molecule has 3 nitrogen and oxygen atoms in total. The van der Waals surface area contributed by atoms with Gasteiger partial charge in [0, 0.05) is 17.0 Å². The number of para-hydroxylation sites is 2. The third kappa shape index (κ3) is 3.96. The first-order chi connectivity index (χ1) is 10.5. The van der Waals surface area contributed by atoms with E-state index in [0.717, 1.165) is 10.6 Å². The second kappa shape index (κ2) is 7.56. The molecule has 0 bridgehead atoms. The summed E-state index contributed by atoms with van der Waals surface area (Å²) in [6.07, 6.45) is 0. The van der Waals surface area contributed by atoms with Crippen molar-refractivity contribution in [2.45, 2.75) is 17.1 Å². The largest absolute Gasteiger partial charge is 0.495 e. The van der Waals surface area contributed by atoms with Crippen LogP contribution in [0.2, 0.25) is 5.02 Å². The second-order valence-electron chi connectivity index (χ2n) is 4.78. The number of halogens is 1. The topological polar surface area (TPSA) is 29.5 Å². The fraction of sp³-hybridized carbons (Fsp3) is 0.235. The van der Waals surface area contributed by atoms with Gasteiger partial charge in [-0.1, -0.05) is 23.7 Å². The lowest BCUT2D eigenvalue weighted by Gasteiger charge is -2.23. The number of amides is 1. The van der Waals surface area contributed by atoms with Gasteiger partial charge in [-0.05, 0) is 43.3 Å². The summed E-state index contributed by atoms with van der Waals surface area (Å²) in [4.78, 5) is 15.3. The molecular weight excluding hydrogens is 318 g/mol. The van der Waals surface area contributed by atoms with Crippen molar-refractivity contribution >= 4 is 35.0 Å². The van der Waals surface area contributed by atoms with Gasteiger partial charge in [0.1, 0.15) is 5.75 Å². The molecule has 2 aromatic carbocycles. The average Bonchev–Trinajstić information content (AvgIpc) is 2.55. The van der Waals surface area contributed by atoms with Crippen LogP contribution in [0.1, 0.15) is 6.92 Å². The molecule has 0 aliphatic carbocycles. The minimum absolute atomic E-state index is 0.0180. The quantitative estimate of drug-likeness (QED) is 0.754. The first-order valence-corrected chi connectivity index (χ1v) is 8.11. The molecule has 1 atom stereocenters. The van der Waals surface area contributed by atoms with Crippen molar-refractivity contribution in [1.82, 2.24) is 0 Å². The summed E-state index contributed by atoms with van der Waals surface area (Å²) in [5.41, 5.74) is 0.763. The Balaban J connectivity index is 2.11. The van der Waals surface area contributed by atoms with E-state index in [-0.39, 0.29) is 11.2 Å². The molecule has 1 amide bonds. The van der Waals surface area contributed by atoms with Gasteiger partial charge in [0.05, 0.1) is 18.0 Å². The van der Waals surface area contributed by atoms with Gasteiger partial charge in [-0.25, -0.2) is 0 Å². The molecule has 0 saturated carbocycles. The number of rotatable bonds is 5. The summed E-state index contributed by atoms with van der Waals surface area (Å²) in [6, 6.07) is 15.0. The van der Waals surface area contributed by atoms with Crippen LogP contribution in [0.25, 0.3) is 0 Å². The fourth-order valence-electron chi connectivity index (χ4n) is 2.07. The predicted molar refractivity (Wildman–Crippen MR) is 93.2 cm³/mol. The first-order valence-electron chi connectivity index (χ1n) is 6.85. The third-order valence-electron chi connectivity index (χ3n) is 3.25. The highest BCUT2D eigenvalue weighted by Crippen LogP contribution is 2.30. The van der Waals surface area contributed by atoms with Crippen molar-refractivity contribution in [3.63, 3.8) is 0 Å². The Bertz CT molecular complexity index is 645. The summed E-state index contributed by atoms with van der Waals surface area (Å²) in [6.45, 7) is 1.90. The molecule has 5 heteroatoms. The highest BCUT2D eigenvalue weighted by atomic mass is 35.5. The smallest absolute Gasteiger partial charge is 0.240 e. The summed E-state index contributed by atoms with van der Waals surface area (Å²) < 4.78 is 5.31. The monoisotopic (exact) mass is 335 g/mol. The fourth-order valence-corrected chi connectivity index (χ4v) is 3.15. The third-order valence-corrected chi connectivity index (χ3v) is 4.60. The van der Waals surface area contributed by atoms with Crippen LogP contribution in [0.15, 0.2) is 53.4 Å². The lowest BCUT2D eigenvalue weighted by Crippen LogP contribution is -2.33. The van der Waals surface area contributed by atoms with E-state index in [1.165, 1.54) is 11.8 Å². The van der Waals surface area contributed by atoms with E-state index in [9.17, 15) is 4.79 Å². The van der Waals surface area contributed by atoms with E-state index in [0.29, 0.717) is 10.8 Å². The van der Waals surface area contributed by atoms with Gasteiger partial charge in [0.25, 0.3) is 0 Å². The zero-order valence-corrected chi connectivity index (χ0v) is 14.3. The van der Waals surface area contributed by atoms with Crippen molar-refractivity contribution in [2.75, 3.05) is 19.1 Å². The minimum atomic E-state index is -0.212. The summed E-state index contributed by atoms with van der Waals surface area (Å²) >= 11 is 7.38. The molecule has 0 N–H and O–H groups in total. The van der Waals surface area contributed by atoms with Crippen LogP contribution >= 0.6 is 23.4 Å². The van der Waals surface area contributed by atoms with E-state index in [1.807, 2.05) is 55.5 Å². The molecule has 2 aromatic rings. The van der Waals surface area contributed by atoms with Crippen LogP contribution < -0.4 is 9.64 Å². The number of carbonyl (C=O) groups excluding carboxylic acids is 1. The molecule has 2 rings (SSSR count). The Hall–Kier alpha value is -1.65. The van der Waals surface area contributed by atoms with Gasteiger partial charge < -0.3 is 9.64 Å². The molecule has 0 saturated heterocycles. The molecule has 0 aliphatic heterocycles. The Morgan fingerprint density at radius 3 is 2.45 bits per heavy atom. The van der Waals surface area contributed by atoms with Crippen LogP contribution in [0.4, 0.5) is 5.69 Å². The molecule has 1 unspecified atom stereocenters. The highest BCUT2D eigenvalue weighted by Gasteiger charge is 2.21. The number of nitrogens with zero attached hydrogens (tertiary/aromatic N) is 1. The number of ether oxygens (including phenoxy) is 1. The molecule has 0 aromatic heterocycles. The molecule has 0 spiro atoms. The molecule has 0 radical (unpaired) electrons. The molecule has 22 heavy (non-hydrogen) atoms. The average molecular weight is 336 g/mol. The maximum atomic E-state index is 12.6. The van der Waals surface area contributed by atoms with E-state index in [4.69, 9.17) is 16.3 Å². The zero-order chi connectivity index (χ0) is 16.1. The van der Waals surface area contributed by atoms with Gasteiger partial charge in [-0.15, -0.1) is 11.8 Å². The van der Waals surface area contributed by atoms with Crippen molar-refractivity contribution in [2.24, 2.45) is 0 Å². The van der Waals surface area contributed by atoms with E-state index in [1.54, 1.807) is 19.1 Å². The Morgan fingerprint density at radius 1 is 1.18 bits per heavy atom. The lowest BCUT2D eigenvalue weighted by molar-refractivity contribution is -0.117. The SMILES string of the molecule is COc1ccccc1N(C)C(=O)C(C)Sc1ccc(Cl)cc1. The van der Waals surface area contributed by atoms with Crippen molar-refractivity contribution < 1.29 is 9.53 Å². The Morgan fingerprint density at radius 2 is 1.82 bits per heavy atom. The van der Waals surface area contributed by atoms with Crippen molar-refractivity contribution in [3.05, 3.63) is 53.6 Å². The van der Waals surface area contributed by atoms with Crippen LogP contribution in [0, 0.1) is 0 Å². The minimum Gasteiger partial charge on any atom is -0.495 e. The molecule has 0 aliphatic rings. The zero-order valence-electron chi connectivity index (χ0n) is 12.7. The van der Waals surface area contributed by atoms with Crippen molar-refractivity contribution in [3.8, 4) is 5.75 Å². The van der Waals surface area contributed by atoms with Crippen LogP contribution in [-0.2, 0) is 4.79 Å². The van der Waals surface area contributed by atoms with Crippen LogP contribution in [0.3, 0.4) is 0 Å². The first kappa shape index (κ1) is 16.7. The van der Waals surface area contributed by atoms with Gasteiger partial charge in [0.15, 0.2) is 0 Å². The second-order valence-corrected chi connectivity index (χ2v) is 6.63. The van der Waals surface area contributed by atoms with Crippen LogP contribution in [-0.4, -0.2) is 25.3 Å². The van der Waals surface area contributed by atoms with E-state index in [2.05, 4.69) is 0 Å². The van der Waals surface area contributed by atoms with Gasteiger partial charge >= 0.3 is 0 Å². The number of benzene rings is 2. The van der Waals surface area contributed by atoms with Gasteiger partial charge in [0.2, 0.25) is 5.91 Å². The lowest BCUT2D eigenvalue weighted by atomic mass is 10.2. The number of methoxy groups -OCH3 is 1. The molecule has 0 heterocycles. The maximum Gasteiger partial charge on any atom is 0.240 e. The number of hydrogen-bond donors (Lipinski definition) is 0. The Kier molecular flexibility index (Phi) is 5.75. The van der Waals surface area contributed by atoms with Crippen molar-refractivity contribution in [1.29, 1.82) is 0 Å². The van der Waals surface area contributed by atoms with E-state index < -0.39 is 0 Å². The maximum absolute atomic E-state index is 12.6. The van der Waals surface area contributed by atoms with Crippen LogP contribution in [0.5, 0.6) is 5.75 Å². The molecular formula is C17H18ClNO2S. The summed E-state index contributed by atoms with van der Waals surface area (Å²) in [5, 5.41) is 0.477. The standard InChI is InChI=1S/C17H18ClNO2S/c1-12(22-14-10-8-13(18)9-11-14)17(20)19(2)15-6-4-5-7-16(15)21-3/h4-12H,1-3H3.